The molecular weight excluding hydrogens is 374 g/mol. The number of carbonyl (C=O) groups is 1. The first kappa shape index (κ1) is 23.1. The molecule has 160 valence electrons. The first-order chi connectivity index (χ1) is 13.2. The molecule has 7 heteroatoms. The highest BCUT2D eigenvalue weighted by molar-refractivity contribution is 7.91. The number of hydrogen-bond acceptors (Lipinski definition) is 5. The van der Waals surface area contributed by atoms with E-state index in [1.165, 1.54) is 0 Å². The first-order valence-electron chi connectivity index (χ1n) is 10.7. The molecular formula is C21H37N3O3S. The van der Waals surface area contributed by atoms with Crippen LogP contribution >= 0.6 is 0 Å². The third-order valence-electron chi connectivity index (χ3n) is 5.58. The average molecular weight is 412 g/mol. The average Bonchev–Trinajstić information content (AvgIpc) is 3.03. The molecule has 0 aromatic carbocycles. The molecule has 1 aromatic rings. The largest absolute Gasteiger partial charge is 0.318 e. The van der Waals surface area contributed by atoms with Crippen LogP contribution in [0.3, 0.4) is 0 Å². The molecule has 1 saturated heterocycles. The van der Waals surface area contributed by atoms with Crippen molar-refractivity contribution in [1.82, 2.24) is 14.5 Å². The second-order valence-corrected chi connectivity index (χ2v) is 10.6. The number of aromatic nitrogens is 2. The summed E-state index contributed by atoms with van der Waals surface area (Å²) in [7, 11) is -3.38. The lowest BCUT2D eigenvalue weighted by atomic mass is 9.94. The number of rotatable bonds is 11. The highest BCUT2D eigenvalue weighted by Gasteiger charge is 2.27. The van der Waals surface area contributed by atoms with Gasteiger partial charge in [0.2, 0.25) is 15.0 Å². The number of piperidine rings is 1. The van der Waals surface area contributed by atoms with Gasteiger partial charge in [0.1, 0.15) is 5.78 Å². The number of nitrogens with zero attached hydrogens (tertiary/aromatic N) is 3. The van der Waals surface area contributed by atoms with Crippen molar-refractivity contribution in [2.24, 2.45) is 11.8 Å². The van der Waals surface area contributed by atoms with E-state index in [1.54, 1.807) is 13.1 Å². The van der Waals surface area contributed by atoms with Gasteiger partial charge in [-0.15, -0.1) is 0 Å². The Morgan fingerprint density at radius 3 is 2.71 bits per heavy atom. The molecule has 0 aliphatic carbocycles. The van der Waals surface area contributed by atoms with Crippen LogP contribution in [0.2, 0.25) is 0 Å². The normalized spacial score (nSPS) is 18.7. The number of carbonyl (C=O) groups excluding carboxylic acids is 1. The Morgan fingerprint density at radius 1 is 1.32 bits per heavy atom. The van der Waals surface area contributed by atoms with Crippen molar-refractivity contribution in [3.63, 3.8) is 0 Å². The van der Waals surface area contributed by atoms with Crippen molar-refractivity contribution in [3.05, 3.63) is 11.9 Å². The predicted octanol–water partition coefficient (Wildman–Crippen LogP) is 3.69. The number of hydrogen-bond donors (Lipinski definition) is 0. The van der Waals surface area contributed by atoms with Crippen LogP contribution in [-0.4, -0.2) is 47.5 Å². The quantitative estimate of drug-likeness (QED) is 0.555. The van der Waals surface area contributed by atoms with E-state index in [0.717, 1.165) is 50.9 Å². The third kappa shape index (κ3) is 6.41. The molecule has 6 nitrogen and oxygen atoms in total. The van der Waals surface area contributed by atoms with Gasteiger partial charge in [-0.1, -0.05) is 27.2 Å². The number of Topliss-reactive ketones (excluding diaryl/α,β-unsaturated/α-hetero) is 1. The van der Waals surface area contributed by atoms with Gasteiger partial charge in [0, 0.05) is 25.6 Å². The van der Waals surface area contributed by atoms with Crippen LogP contribution in [0.1, 0.15) is 71.9 Å². The van der Waals surface area contributed by atoms with E-state index in [-0.39, 0.29) is 22.6 Å². The molecule has 0 unspecified atom stereocenters. The van der Waals surface area contributed by atoms with Crippen molar-refractivity contribution >= 4 is 15.6 Å². The number of ketones is 1. The van der Waals surface area contributed by atoms with Crippen molar-refractivity contribution in [1.29, 1.82) is 0 Å². The van der Waals surface area contributed by atoms with E-state index in [4.69, 9.17) is 0 Å². The lowest BCUT2D eigenvalue weighted by Gasteiger charge is -2.31. The number of imidazole rings is 1. The smallest absolute Gasteiger partial charge is 0.227 e. The Labute approximate surface area is 170 Å². The predicted molar refractivity (Wildman–Crippen MR) is 112 cm³/mol. The minimum Gasteiger partial charge on any atom is -0.318 e. The second-order valence-electron chi connectivity index (χ2n) is 8.58. The summed E-state index contributed by atoms with van der Waals surface area (Å²) in [6, 6.07) is 0. The van der Waals surface area contributed by atoms with E-state index < -0.39 is 9.84 Å². The summed E-state index contributed by atoms with van der Waals surface area (Å²) in [4.78, 5) is 18.4. The Balaban J connectivity index is 2.17. The van der Waals surface area contributed by atoms with Gasteiger partial charge in [0.05, 0.1) is 17.6 Å². The Bertz CT molecular complexity index is 740. The van der Waals surface area contributed by atoms with Crippen LogP contribution in [-0.2, 0) is 27.7 Å². The summed E-state index contributed by atoms with van der Waals surface area (Å²) in [5, 5.41) is 0.222. The summed E-state index contributed by atoms with van der Waals surface area (Å²) in [5.41, 5.74) is 0.945. The number of likely N-dealkylation sites (tertiary alicyclic amines) is 1. The maximum Gasteiger partial charge on any atom is 0.227 e. The monoisotopic (exact) mass is 411 g/mol. The summed E-state index contributed by atoms with van der Waals surface area (Å²) >= 11 is 0. The van der Waals surface area contributed by atoms with Crippen LogP contribution in [0.15, 0.2) is 11.4 Å². The molecule has 2 heterocycles. The molecule has 0 N–H and O–H groups in total. The third-order valence-corrected chi connectivity index (χ3v) is 7.28. The fourth-order valence-corrected chi connectivity index (χ4v) is 5.34. The SMILES string of the molecule is CCCCn1c(CN2CCC[C@@H](C(C)=O)C2)cnc1S(=O)(=O)CCCC(C)C. The van der Waals surface area contributed by atoms with Gasteiger partial charge >= 0.3 is 0 Å². The van der Waals surface area contributed by atoms with Crippen LogP contribution < -0.4 is 0 Å². The molecule has 1 aromatic heterocycles. The van der Waals surface area contributed by atoms with Crippen LogP contribution in [0.4, 0.5) is 0 Å². The van der Waals surface area contributed by atoms with Crippen molar-refractivity contribution in [2.75, 3.05) is 18.8 Å². The molecule has 0 amide bonds. The van der Waals surface area contributed by atoms with Gasteiger partial charge in [-0.25, -0.2) is 13.4 Å². The lowest BCUT2D eigenvalue weighted by molar-refractivity contribution is -0.122. The summed E-state index contributed by atoms with van der Waals surface area (Å²) in [6.45, 7) is 11.0. The number of unbranched alkanes of at least 4 members (excludes halogenated alkanes) is 1. The molecule has 2 rings (SSSR count). The van der Waals surface area contributed by atoms with Crippen molar-refractivity contribution in [2.45, 2.75) is 84.5 Å². The van der Waals surface area contributed by atoms with Gasteiger partial charge in [0.25, 0.3) is 0 Å². The highest BCUT2D eigenvalue weighted by atomic mass is 32.2. The van der Waals surface area contributed by atoms with E-state index >= 15 is 0 Å². The molecule has 0 saturated carbocycles. The zero-order chi connectivity index (χ0) is 20.7. The molecule has 0 bridgehead atoms. The van der Waals surface area contributed by atoms with Gasteiger partial charge in [-0.05, 0) is 51.5 Å². The molecule has 1 fully saturated rings. The fraction of sp³-hybridized carbons (Fsp3) is 0.810. The van der Waals surface area contributed by atoms with E-state index in [0.29, 0.717) is 25.4 Å². The van der Waals surface area contributed by atoms with Gasteiger partial charge < -0.3 is 4.57 Å². The van der Waals surface area contributed by atoms with Gasteiger partial charge in [-0.3, -0.25) is 9.69 Å². The van der Waals surface area contributed by atoms with E-state index in [9.17, 15) is 13.2 Å². The Morgan fingerprint density at radius 2 is 2.07 bits per heavy atom. The van der Waals surface area contributed by atoms with Crippen molar-refractivity contribution < 1.29 is 13.2 Å². The van der Waals surface area contributed by atoms with Crippen LogP contribution in [0, 0.1) is 11.8 Å². The van der Waals surface area contributed by atoms with Crippen molar-refractivity contribution in [3.8, 4) is 0 Å². The Kier molecular flexibility index (Phi) is 8.68. The zero-order valence-corrected chi connectivity index (χ0v) is 18.8. The molecule has 1 atom stereocenters. The maximum absolute atomic E-state index is 12.9. The summed E-state index contributed by atoms with van der Waals surface area (Å²) in [5.74, 6) is 1.00. The summed E-state index contributed by atoms with van der Waals surface area (Å²) in [6.07, 6.45) is 7.19. The second kappa shape index (κ2) is 10.5. The Hall–Kier alpha value is -1.21. The maximum atomic E-state index is 12.9. The van der Waals surface area contributed by atoms with Crippen LogP contribution in [0.25, 0.3) is 0 Å². The molecule has 0 radical (unpaired) electrons. The highest BCUT2D eigenvalue weighted by Crippen LogP contribution is 2.22. The zero-order valence-electron chi connectivity index (χ0n) is 18.0. The molecule has 1 aliphatic heterocycles. The minimum atomic E-state index is -3.38. The molecule has 28 heavy (non-hydrogen) atoms. The topological polar surface area (TPSA) is 72.3 Å². The van der Waals surface area contributed by atoms with E-state index in [2.05, 4.69) is 30.7 Å². The fourth-order valence-electron chi connectivity index (χ4n) is 3.85. The standard InChI is InChI=1S/C21H37N3O3S/c1-5-6-12-24-20(16-23-11-7-10-19(15-23)18(4)25)14-22-21(24)28(26,27)13-8-9-17(2)3/h14,17,19H,5-13,15-16H2,1-4H3/t19-/m1/s1. The number of sulfone groups is 1. The first-order valence-corrected chi connectivity index (χ1v) is 12.4. The molecule has 0 spiro atoms. The van der Waals surface area contributed by atoms with Gasteiger partial charge in [0.15, 0.2) is 0 Å². The lowest BCUT2D eigenvalue weighted by Crippen LogP contribution is -2.38. The van der Waals surface area contributed by atoms with Gasteiger partial charge in [-0.2, -0.15) is 0 Å². The molecule has 1 aliphatic rings. The minimum absolute atomic E-state index is 0.0972. The van der Waals surface area contributed by atoms with E-state index in [1.807, 2.05) is 4.57 Å². The summed E-state index contributed by atoms with van der Waals surface area (Å²) < 4.78 is 27.7. The van der Waals surface area contributed by atoms with Crippen LogP contribution in [0.5, 0.6) is 0 Å².